The third-order valence-electron chi connectivity index (χ3n) is 10.4. The molecule has 0 atom stereocenters. The molecule has 55 heavy (non-hydrogen) atoms. The number of fused-ring (bicyclic) bond motifs is 3. The lowest BCUT2D eigenvalue weighted by Crippen LogP contribution is -2.42. The molecule has 2 saturated heterocycles. The van der Waals surface area contributed by atoms with Crippen LogP contribution in [0.5, 0.6) is 0 Å². The second-order valence-electron chi connectivity index (χ2n) is 13.4. The largest absolute Gasteiger partial charge is 0.400 e. The van der Waals surface area contributed by atoms with Crippen LogP contribution >= 0.6 is 0 Å². The number of nitrogens with two attached hydrogens (primary N) is 1. The Morgan fingerprint density at radius 3 is 1.53 bits per heavy atom. The summed E-state index contributed by atoms with van der Waals surface area (Å²) in [6.45, 7) is 2.02. The standard InChI is InChI=1S/C22H22N4O4S.C14H20N4O2S.CH4O.CH4/c27-21-17-4-1-2-5-18(17)22(28)26(21)12-13-31(29,30)25-10-7-15(8-11-25)19-14-24-20-16(19)6-3-9-23-20;15-5-9-21(19,20)18-7-3-11(4-8-18)13-10-17-14-12(13)2-1-6-16-14;1-2;/h1-6,9,14-15H,7-8,10-13H2,(H,23,24);1-2,6,10-11H,3-5,7-9,15H2,(H,16,17);2H,1H3;1H4. The number of hydrogen-bond acceptors (Lipinski definition) is 10. The van der Waals surface area contributed by atoms with Gasteiger partial charge < -0.3 is 20.8 Å². The van der Waals surface area contributed by atoms with Gasteiger partial charge in [0.2, 0.25) is 20.0 Å². The molecule has 7 heterocycles. The number of aromatic amines is 2. The molecule has 8 rings (SSSR count). The summed E-state index contributed by atoms with van der Waals surface area (Å²) < 4.78 is 52.9. The van der Waals surface area contributed by atoms with Crippen molar-refractivity contribution in [2.45, 2.75) is 44.9 Å². The highest BCUT2D eigenvalue weighted by Gasteiger charge is 2.37. The van der Waals surface area contributed by atoms with Gasteiger partial charge in [0.05, 0.1) is 22.6 Å². The molecule has 15 nitrogen and oxygen atoms in total. The molecule has 0 unspecified atom stereocenters. The molecule has 0 spiro atoms. The van der Waals surface area contributed by atoms with E-state index in [1.165, 1.54) is 15.4 Å². The predicted octanol–water partition coefficient (Wildman–Crippen LogP) is 3.64. The molecule has 3 aliphatic heterocycles. The zero-order chi connectivity index (χ0) is 38.5. The Morgan fingerprint density at radius 1 is 0.691 bits per heavy atom. The van der Waals surface area contributed by atoms with Gasteiger partial charge in [0.15, 0.2) is 0 Å². The highest BCUT2D eigenvalue weighted by Crippen LogP contribution is 2.35. The zero-order valence-corrected chi connectivity index (χ0v) is 31.7. The molecule has 296 valence electrons. The lowest BCUT2D eigenvalue weighted by Gasteiger charge is -2.31. The van der Waals surface area contributed by atoms with Gasteiger partial charge in [0.1, 0.15) is 11.3 Å². The molecular weight excluding hydrogens is 745 g/mol. The van der Waals surface area contributed by atoms with Gasteiger partial charge in [0, 0.05) is 81.9 Å². The molecule has 4 aromatic heterocycles. The van der Waals surface area contributed by atoms with E-state index >= 15 is 0 Å². The third-order valence-corrected chi connectivity index (χ3v) is 14.1. The predicted molar refractivity (Wildman–Crippen MR) is 213 cm³/mol. The number of pyridine rings is 2. The van der Waals surface area contributed by atoms with Crippen molar-refractivity contribution in [3.8, 4) is 0 Å². The molecule has 3 aliphatic rings. The van der Waals surface area contributed by atoms with Crippen LogP contribution in [0.3, 0.4) is 0 Å². The molecule has 0 bridgehead atoms. The number of nitrogens with one attached hydrogen (secondary N) is 2. The van der Waals surface area contributed by atoms with E-state index in [2.05, 4.69) is 26.0 Å². The van der Waals surface area contributed by atoms with E-state index in [1.807, 2.05) is 30.6 Å². The van der Waals surface area contributed by atoms with Crippen LogP contribution in [0, 0.1) is 0 Å². The van der Waals surface area contributed by atoms with Crippen LogP contribution in [0.2, 0.25) is 0 Å². The first kappa shape index (κ1) is 41.6. The highest BCUT2D eigenvalue weighted by molar-refractivity contribution is 7.89. The summed E-state index contributed by atoms with van der Waals surface area (Å²) in [6.07, 6.45) is 10.6. The van der Waals surface area contributed by atoms with Crippen LogP contribution < -0.4 is 5.73 Å². The second kappa shape index (κ2) is 18.0. The maximum atomic E-state index is 12.9. The third kappa shape index (κ3) is 8.82. The fourth-order valence-corrected chi connectivity index (χ4v) is 10.3. The van der Waals surface area contributed by atoms with Gasteiger partial charge in [-0.1, -0.05) is 19.6 Å². The maximum absolute atomic E-state index is 12.9. The van der Waals surface area contributed by atoms with Gasteiger partial charge in [-0.3, -0.25) is 14.5 Å². The fraction of sp³-hybridized carbons (Fsp3) is 0.421. The summed E-state index contributed by atoms with van der Waals surface area (Å²) >= 11 is 0. The fourth-order valence-electron chi connectivity index (χ4n) is 7.58. The van der Waals surface area contributed by atoms with E-state index in [4.69, 9.17) is 10.8 Å². The number of hydrogen-bond donors (Lipinski definition) is 4. The van der Waals surface area contributed by atoms with Crippen molar-refractivity contribution in [1.82, 2.24) is 33.4 Å². The lowest BCUT2D eigenvalue weighted by molar-refractivity contribution is 0.0663. The van der Waals surface area contributed by atoms with E-state index in [0.29, 0.717) is 56.1 Å². The Kier molecular flexibility index (Phi) is 13.6. The van der Waals surface area contributed by atoms with Crippen molar-refractivity contribution in [3.63, 3.8) is 0 Å². The molecule has 5 aromatic rings. The van der Waals surface area contributed by atoms with Gasteiger partial charge >= 0.3 is 0 Å². The molecule has 0 radical (unpaired) electrons. The Bertz CT molecular complexity index is 2280. The minimum absolute atomic E-state index is 0. The number of H-pyrrole nitrogens is 2. The van der Waals surface area contributed by atoms with E-state index in [9.17, 15) is 26.4 Å². The Hall–Kier alpha value is -4.52. The van der Waals surface area contributed by atoms with E-state index < -0.39 is 31.9 Å². The normalized spacial score (nSPS) is 17.3. The first-order valence-corrected chi connectivity index (χ1v) is 21.2. The molecular formula is C38H50N8O7S2. The van der Waals surface area contributed by atoms with Gasteiger partial charge in [0.25, 0.3) is 11.8 Å². The highest BCUT2D eigenvalue weighted by atomic mass is 32.2. The zero-order valence-electron chi connectivity index (χ0n) is 30.1. The minimum atomic E-state index is -3.57. The van der Waals surface area contributed by atoms with Crippen molar-refractivity contribution in [1.29, 1.82) is 0 Å². The Balaban J connectivity index is 0.000000212. The molecule has 17 heteroatoms. The first-order valence-electron chi connectivity index (χ1n) is 18.0. The number of aliphatic hydroxyl groups is 1. The summed E-state index contributed by atoms with van der Waals surface area (Å²) in [5, 5.41) is 9.22. The number of imide groups is 1. The Labute approximate surface area is 322 Å². The molecule has 2 fully saturated rings. The number of aromatic nitrogens is 4. The number of aliphatic hydroxyl groups excluding tert-OH is 1. The molecule has 0 aliphatic carbocycles. The summed E-state index contributed by atoms with van der Waals surface area (Å²) in [5.74, 6) is -0.438. The van der Waals surface area contributed by atoms with Crippen LogP contribution in [-0.4, -0.2) is 125 Å². The van der Waals surface area contributed by atoms with Crippen LogP contribution in [0.1, 0.15) is 76.8 Å². The van der Waals surface area contributed by atoms with E-state index in [-0.39, 0.29) is 37.9 Å². The van der Waals surface area contributed by atoms with Gasteiger partial charge in [-0.15, -0.1) is 0 Å². The smallest absolute Gasteiger partial charge is 0.261 e. The van der Waals surface area contributed by atoms with Gasteiger partial charge in [-0.05, 0) is 85.0 Å². The monoisotopic (exact) mass is 794 g/mol. The van der Waals surface area contributed by atoms with E-state index in [0.717, 1.165) is 46.9 Å². The summed E-state index contributed by atoms with van der Waals surface area (Å²) in [7, 11) is -5.75. The molecule has 1 aromatic carbocycles. The number of amides is 2. The number of rotatable bonds is 9. The van der Waals surface area contributed by atoms with Crippen molar-refractivity contribution >= 4 is 53.9 Å². The van der Waals surface area contributed by atoms with Crippen molar-refractivity contribution in [2.24, 2.45) is 5.73 Å². The summed E-state index contributed by atoms with van der Waals surface area (Å²) in [4.78, 5) is 41.0. The topological polar surface area (TPSA) is 216 Å². The summed E-state index contributed by atoms with van der Waals surface area (Å²) in [6, 6.07) is 14.5. The quantitative estimate of drug-likeness (QED) is 0.159. The van der Waals surface area contributed by atoms with Crippen LogP contribution in [-0.2, 0) is 20.0 Å². The number of sulfonamides is 2. The number of nitrogens with zero attached hydrogens (tertiary/aromatic N) is 5. The number of carbonyl (C=O) groups is 2. The minimum Gasteiger partial charge on any atom is -0.400 e. The average Bonchev–Trinajstić information content (AvgIpc) is 3.90. The second-order valence-corrected chi connectivity index (χ2v) is 17.5. The number of piperidine rings is 2. The van der Waals surface area contributed by atoms with Crippen molar-refractivity contribution in [2.75, 3.05) is 57.9 Å². The van der Waals surface area contributed by atoms with Crippen LogP contribution in [0.15, 0.2) is 73.3 Å². The molecule has 0 saturated carbocycles. The Morgan fingerprint density at radius 2 is 1.11 bits per heavy atom. The maximum Gasteiger partial charge on any atom is 0.261 e. The van der Waals surface area contributed by atoms with Crippen LogP contribution in [0.25, 0.3) is 22.1 Å². The first-order chi connectivity index (χ1) is 26.1. The molecule has 2 amide bonds. The SMILES string of the molecule is C.CO.NCCS(=O)(=O)N1CCC(c2c[nH]c3ncccc23)CC1.O=C1c2ccccc2C(=O)N1CCS(=O)(=O)N1CCC(c2c[nH]c3ncccc23)CC1. The summed E-state index contributed by atoms with van der Waals surface area (Å²) in [5.41, 5.74) is 10.2. The number of carbonyl (C=O) groups excluding carboxylic acids is 2. The van der Waals surface area contributed by atoms with Gasteiger partial charge in [-0.25, -0.2) is 35.4 Å². The average molecular weight is 795 g/mol. The number of benzene rings is 1. The van der Waals surface area contributed by atoms with Crippen molar-refractivity contribution < 1.29 is 31.5 Å². The van der Waals surface area contributed by atoms with E-state index in [1.54, 1.807) is 41.0 Å². The van der Waals surface area contributed by atoms with Gasteiger partial charge in [-0.2, -0.15) is 0 Å². The molecule has 5 N–H and O–H groups in total. The lowest BCUT2D eigenvalue weighted by atomic mass is 9.90. The van der Waals surface area contributed by atoms with Crippen LogP contribution in [0.4, 0.5) is 0 Å². The van der Waals surface area contributed by atoms with Crippen molar-refractivity contribution in [3.05, 3.63) is 95.6 Å².